The lowest BCUT2D eigenvalue weighted by molar-refractivity contribution is 0.0999. The van der Waals surface area contributed by atoms with E-state index in [9.17, 15) is 4.79 Å². The Morgan fingerprint density at radius 2 is 2.00 bits per heavy atom. The predicted molar refractivity (Wildman–Crippen MR) is 60.9 cm³/mol. The molecule has 2 rings (SSSR count). The highest BCUT2D eigenvalue weighted by atomic mass is 16.1. The highest BCUT2D eigenvalue weighted by Crippen LogP contribution is 2.36. The van der Waals surface area contributed by atoms with Crippen LogP contribution in [0, 0.1) is 6.92 Å². The first kappa shape index (κ1) is 10.2. The van der Waals surface area contributed by atoms with Gasteiger partial charge in [-0.25, -0.2) is 0 Å². The lowest BCUT2D eigenvalue weighted by Crippen LogP contribution is -2.14. The smallest absolute Gasteiger partial charge is 0.248 e. The summed E-state index contributed by atoms with van der Waals surface area (Å²) in [6.45, 7) is 2.01. The van der Waals surface area contributed by atoms with Gasteiger partial charge in [-0.1, -0.05) is 25.0 Å². The average molecular weight is 203 g/mol. The predicted octanol–water partition coefficient (Wildman–Crippen LogP) is 2.75. The van der Waals surface area contributed by atoms with E-state index in [2.05, 4.69) is 6.07 Å². The summed E-state index contributed by atoms with van der Waals surface area (Å²) in [5.41, 5.74) is 8.43. The maximum Gasteiger partial charge on any atom is 0.248 e. The third kappa shape index (κ3) is 1.89. The van der Waals surface area contributed by atoms with E-state index >= 15 is 0 Å². The molecule has 80 valence electrons. The van der Waals surface area contributed by atoms with Crippen LogP contribution in [0.1, 0.15) is 53.1 Å². The Labute approximate surface area is 90.5 Å². The number of carbonyl (C=O) groups excluding carboxylic acids is 1. The molecule has 0 aliphatic heterocycles. The molecular weight excluding hydrogens is 186 g/mol. The molecule has 2 N–H and O–H groups in total. The van der Waals surface area contributed by atoms with Crippen LogP contribution in [-0.2, 0) is 0 Å². The Balaban J connectivity index is 2.39. The minimum Gasteiger partial charge on any atom is -0.366 e. The Hall–Kier alpha value is -1.31. The average Bonchev–Trinajstić information content (AvgIpc) is 2.70. The van der Waals surface area contributed by atoms with Gasteiger partial charge in [0, 0.05) is 5.56 Å². The highest BCUT2D eigenvalue weighted by molar-refractivity contribution is 5.94. The van der Waals surface area contributed by atoms with Gasteiger partial charge in [0.25, 0.3) is 0 Å². The van der Waals surface area contributed by atoms with Crippen LogP contribution < -0.4 is 5.73 Å². The second-order valence-corrected chi connectivity index (χ2v) is 4.37. The molecule has 1 aromatic carbocycles. The number of hydrogen-bond donors (Lipinski definition) is 1. The molecule has 0 radical (unpaired) electrons. The van der Waals surface area contributed by atoms with Crippen molar-refractivity contribution in [2.24, 2.45) is 5.73 Å². The van der Waals surface area contributed by atoms with Crippen molar-refractivity contribution in [3.63, 3.8) is 0 Å². The van der Waals surface area contributed by atoms with E-state index in [1.165, 1.54) is 31.2 Å². The van der Waals surface area contributed by atoms with Gasteiger partial charge in [-0.3, -0.25) is 4.79 Å². The molecule has 0 bridgehead atoms. The van der Waals surface area contributed by atoms with Gasteiger partial charge in [-0.2, -0.15) is 0 Å². The van der Waals surface area contributed by atoms with Crippen LogP contribution in [-0.4, -0.2) is 5.91 Å². The Bertz CT molecular complexity index is 378. The van der Waals surface area contributed by atoms with E-state index in [1.807, 2.05) is 19.1 Å². The summed E-state index contributed by atoms with van der Waals surface area (Å²) in [5, 5.41) is 0. The molecule has 2 nitrogen and oxygen atoms in total. The molecule has 0 spiro atoms. The third-order valence-corrected chi connectivity index (χ3v) is 3.44. The fraction of sp³-hybridized carbons (Fsp3) is 0.462. The maximum atomic E-state index is 11.2. The van der Waals surface area contributed by atoms with Crippen molar-refractivity contribution in [2.45, 2.75) is 38.5 Å². The summed E-state index contributed by atoms with van der Waals surface area (Å²) < 4.78 is 0. The topological polar surface area (TPSA) is 43.1 Å². The SMILES string of the molecule is Cc1c(C(N)=O)cccc1C1CCCC1. The molecule has 0 aromatic heterocycles. The normalized spacial score (nSPS) is 16.9. The van der Waals surface area contributed by atoms with Crippen LogP contribution in [0.4, 0.5) is 0 Å². The number of rotatable bonds is 2. The summed E-state index contributed by atoms with van der Waals surface area (Å²) in [7, 11) is 0. The summed E-state index contributed by atoms with van der Waals surface area (Å²) >= 11 is 0. The lowest BCUT2D eigenvalue weighted by atomic mass is 9.91. The zero-order valence-corrected chi connectivity index (χ0v) is 9.12. The first-order chi connectivity index (χ1) is 7.20. The lowest BCUT2D eigenvalue weighted by Gasteiger charge is -2.14. The first-order valence-electron chi connectivity index (χ1n) is 5.59. The van der Waals surface area contributed by atoms with Gasteiger partial charge < -0.3 is 5.73 Å². The molecule has 0 atom stereocenters. The van der Waals surface area contributed by atoms with Gasteiger partial charge >= 0.3 is 0 Å². The molecule has 1 aromatic rings. The van der Waals surface area contributed by atoms with Crippen molar-refractivity contribution in [2.75, 3.05) is 0 Å². The highest BCUT2D eigenvalue weighted by Gasteiger charge is 2.20. The number of benzene rings is 1. The van der Waals surface area contributed by atoms with Crippen molar-refractivity contribution in [3.8, 4) is 0 Å². The Kier molecular flexibility index (Phi) is 2.76. The summed E-state index contributed by atoms with van der Waals surface area (Å²) in [4.78, 5) is 11.2. The largest absolute Gasteiger partial charge is 0.366 e. The fourth-order valence-corrected chi connectivity index (χ4v) is 2.60. The van der Waals surface area contributed by atoms with Gasteiger partial charge in [0.05, 0.1) is 0 Å². The van der Waals surface area contributed by atoms with Crippen molar-refractivity contribution >= 4 is 5.91 Å². The molecule has 2 heteroatoms. The van der Waals surface area contributed by atoms with E-state index in [-0.39, 0.29) is 5.91 Å². The third-order valence-electron chi connectivity index (χ3n) is 3.44. The molecule has 15 heavy (non-hydrogen) atoms. The number of carbonyl (C=O) groups is 1. The van der Waals surface area contributed by atoms with Crippen molar-refractivity contribution in [3.05, 3.63) is 34.9 Å². The Morgan fingerprint density at radius 1 is 1.33 bits per heavy atom. The maximum absolute atomic E-state index is 11.2. The Morgan fingerprint density at radius 3 is 2.60 bits per heavy atom. The second-order valence-electron chi connectivity index (χ2n) is 4.37. The molecular formula is C13H17NO. The molecule has 0 unspecified atom stereocenters. The van der Waals surface area contributed by atoms with Crippen LogP contribution in [0.2, 0.25) is 0 Å². The van der Waals surface area contributed by atoms with E-state index in [0.29, 0.717) is 11.5 Å². The summed E-state index contributed by atoms with van der Waals surface area (Å²) in [6.07, 6.45) is 5.13. The molecule has 0 heterocycles. The number of primary amides is 1. The van der Waals surface area contributed by atoms with Gasteiger partial charge in [0.15, 0.2) is 0 Å². The quantitative estimate of drug-likeness (QED) is 0.789. The summed E-state index contributed by atoms with van der Waals surface area (Å²) in [5.74, 6) is 0.330. The van der Waals surface area contributed by atoms with E-state index in [1.54, 1.807) is 0 Å². The minimum absolute atomic E-state index is 0.313. The number of nitrogens with two attached hydrogens (primary N) is 1. The van der Waals surface area contributed by atoms with Crippen LogP contribution in [0.15, 0.2) is 18.2 Å². The van der Waals surface area contributed by atoms with Crippen LogP contribution >= 0.6 is 0 Å². The van der Waals surface area contributed by atoms with Crippen LogP contribution in [0.3, 0.4) is 0 Å². The van der Waals surface area contributed by atoms with Crippen LogP contribution in [0.25, 0.3) is 0 Å². The van der Waals surface area contributed by atoms with Crippen molar-refractivity contribution in [1.82, 2.24) is 0 Å². The summed E-state index contributed by atoms with van der Waals surface area (Å²) in [6, 6.07) is 5.90. The molecule has 1 fully saturated rings. The monoisotopic (exact) mass is 203 g/mol. The molecule has 1 aliphatic rings. The molecule has 1 aliphatic carbocycles. The fourth-order valence-electron chi connectivity index (χ4n) is 2.60. The van der Waals surface area contributed by atoms with Gasteiger partial charge in [-0.15, -0.1) is 0 Å². The van der Waals surface area contributed by atoms with Gasteiger partial charge in [-0.05, 0) is 42.9 Å². The van der Waals surface area contributed by atoms with Gasteiger partial charge in [0.1, 0.15) is 0 Å². The van der Waals surface area contributed by atoms with E-state index in [0.717, 1.165) is 5.56 Å². The molecule has 0 saturated heterocycles. The molecule has 1 saturated carbocycles. The number of amides is 1. The van der Waals surface area contributed by atoms with Crippen LogP contribution in [0.5, 0.6) is 0 Å². The first-order valence-corrected chi connectivity index (χ1v) is 5.59. The van der Waals surface area contributed by atoms with Crippen molar-refractivity contribution < 1.29 is 4.79 Å². The zero-order chi connectivity index (χ0) is 10.8. The standard InChI is InChI=1S/C13H17NO/c1-9-11(10-5-2-3-6-10)7-4-8-12(9)13(14)15/h4,7-8,10H,2-3,5-6H2,1H3,(H2,14,15). The molecule has 1 amide bonds. The second kappa shape index (κ2) is 4.05. The van der Waals surface area contributed by atoms with Gasteiger partial charge in [0.2, 0.25) is 5.91 Å². The van der Waals surface area contributed by atoms with E-state index < -0.39 is 0 Å². The number of hydrogen-bond acceptors (Lipinski definition) is 1. The van der Waals surface area contributed by atoms with E-state index in [4.69, 9.17) is 5.73 Å². The van der Waals surface area contributed by atoms with Crippen molar-refractivity contribution in [1.29, 1.82) is 0 Å². The minimum atomic E-state index is -0.313. The zero-order valence-electron chi connectivity index (χ0n) is 9.12.